The van der Waals surface area contributed by atoms with E-state index in [9.17, 15) is 18.0 Å². The monoisotopic (exact) mass is 474 g/mol. The van der Waals surface area contributed by atoms with Crippen LogP contribution in [0.4, 0.5) is 18.9 Å². The standard InChI is InChI=1S/C25H25F3N2O4/c1-32-21-13-8-17(16-22(21)33-2)14-15-30(24(31)23(29)18-6-4-3-5-7-18)19-9-11-20(12-10-19)34-25(26,27)28/h3-13,16,23H,14-15,29H2,1-2H3. The molecule has 0 bridgehead atoms. The Hall–Kier alpha value is -3.72. The molecule has 0 radical (unpaired) electrons. The number of carbonyl (C=O) groups excluding carboxylic acids is 1. The van der Waals surface area contributed by atoms with Crippen molar-refractivity contribution in [1.29, 1.82) is 0 Å². The van der Waals surface area contributed by atoms with E-state index in [0.717, 1.165) is 17.7 Å². The third kappa shape index (κ3) is 6.41. The number of nitrogens with zero attached hydrogens (tertiary/aromatic N) is 1. The van der Waals surface area contributed by atoms with Crippen molar-refractivity contribution in [3.05, 3.63) is 83.9 Å². The minimum absolute atomic E-state index is 0.230. The Morgan fingerprint density at radius 2 is 1.59 bits per heavy atom. The summed E-state index contributed by atoms with van der Waals surface area (Å²) >= 11 is 0. The van der Waals surface area contributed by atoms with Gasteiger partial charge in [-0.3, -0.25) is 4.79 Å². The van der Waals surface area contributed by atoms with Crippen molar-refractivity contribution in [2.75, 3.05) is 25.7 Å². The average Bonchev–Trinajstić information content (AvgIpc) is 2.83. The molecule has 0 spiro atoms. The van der Waals surface area contributed by atoms with Gasteiger partial charge in [-0.15, -0.1) is 13.2 Å². The van der Waals surface area contributed by atoms with Crippen molar-refractivity contribution in [3.63, 3.8) is 0 Å². The number of hydrogen-bond acceptors (Lipinski definition) is 5. The van der Waals surface area contributed by atoms with Crippen LogP contribution in [0.2, 0.25) is 0 Å². The lowest BCUT2D eigenvalue weighted by Crippen LogP contribution is -2.40. The number of methoxy groups -OCH3 is 2. The molecule has 1 atom stereocenters. The van der Waals surface area contributed by atoms with E-state index in [2.05, 4.69) is 4.74 Å². The number of halogens is 3. The molecular formula is C25H25F3N2O4. The van der Waals surface area contributed by atoms with E-state index in [1.165, 1.54) is 31.3 Å². The fourth-order valence-corrected chi connectivity index (χ4v) is 3.44. The molecule has 6 nitrogen and oxygen atoms in total. The summed E-state index contributed by atoms with van der Waals surface area (Å²) in [6.45, 7) is 0.230. The molecule has 3 aromatic carbocycles. The van der Waals surface area contributed by atoms with Gasteiger partial charge in [-0.2, -0.15) is 0 Å². The maximum absolute atomic E-state index is 13.3. The molecule has 0 aromatic heterocycles. The number of benzene rings is 3. The maximum Gasteiger partial charge on any atom is 0.573 e. The highest BCUT2D eigenvalue weighted by Crippen LogP contribution is 2.29. The normalized spacial score (nSPS) is 12.1. The topological polar surface area (TPSA) is 74.0 Å². The SMILES string of the molecule is COc1ccc(CCN(C(=O)C(N)c2ccccc2)c2ccc(OC(F)(F)F)cc2)cc1OC. The van der Waals surface area contributed by atoms with Gasteiger partial charge in [-0.25, -0.2) is 0 Å². The summed E-state index contributed by atoms with van der Waals surface area (Å²) in [5, 5.41) is 0. The van der Waals surface area contributed by atoms with Gasteiger partial charge in [0.15, 0.2) is 11.5 Å². The molecule has 34 heavy (non-hydrogen) atoms. The van der Waals surface area contributed by atoms with Crippen molar-refractivity contribution in [1.82, 2.24) is 0 Å². The van der Waals surface area contributed by atoms with Gasteiger partial charge in [-0.1, -0.05) is 36.4 Å². The molecule has 0 saturated carbocycles. The largest absolute Gasteiger partial charge is 0.573 e. The number of carbonyl (C=O) groups is 1. The van der Waals surface area contributed by atoms with Gasteiger partial charge >= 0.3 is 6.36 Å². The molecule has 0 aliphatic heterocycles. The Balaban J connectivity index is 1.86. The fourth-order valence-electron chi connectivity index (χ4n) is 3.44. The molecule has 0 saturated heterocycles. The molecule has 0 aliphatic rings. The van der Waals surface area contributed by atoms with Crippen LogP contribution in [-0.4, -0.2) is 33.0 Å². The van der Waals surface area contributed by atoms with Crippen LogP contribution in [0.3, 0.4) is 0 Å². The lowest BCUT2D eigenvalue weighted by molar-refractivity contribution is -0.274. The minimum atomic E-state index is -4.81. The molecule has 2 N–H and O–H groups in total. The summed E-state index contributed by atoms with van der Waals surface area (Å²) in [7, 11) is 3.07. The van der Waals surface area contributed by atoms with E-state index < -0.39 is 18.3 Å². The van der Waals surface area contributed by atoms with Crippen LogP contribution >= 0.6 is 0 Å². The number of amides is 1. The first-order valence-electron chi connectivity index (χ1n) is 10.4. The van der Waals surface area contributed by atoms with Crippen molar-refractivity contribution in [2.24, 2.45) is 5.73 Å². The molecule has 1 amide bonds. The van der Waals surface area contributed by atoms with Crippen molar-refractivity contribution < 1.29 is 32.2 Å². The van der Waals surface area contributed by atoms with Gasteiger partial charge < -0.3 is 24.8 Å². The van der Waals surface area contributed by atoms with E-state index in [4.69, 9.17) is 15.2 Å². The zero-order valence-electron chi connectivity index (χ0n) is 18.7. The molecular weight excluding hydrogens is 449 g/mol. The van der Waals surface area contributed by atoms with Gasteiger partial charge in [0.1, 0.15) is 11.8 Å². The summed E-state index contributed by atoms with van der Waals surface area (Å²) in [6, 6.07) is 18.4. The van der Waals surface area contributed by atoms with Crippen LogP contribution in [0, 0.1) is 0 Å². The number of nitrogens with two attached hydrogens (primary N) is 1. The number of hydrogen-bond donors (Lipinski definition) is 1. The predicted molar refractivity (Wildman–Crippen MR) is 122 cm³/mol. The molecule has 3 aromatic rings. The van der Waals surface area contributed by atoms with Gasteiger partial charge in [0.2, 0.25) is 5.91 Å². The van der Waals surface area contributed by atoms with E-state index in [1.54, 1.807) is 36.4 Å². The third-order valence-corrected chi connectivity index (χ3v) is 5.14. The second-order valence-electron chi connectivity index (χ2n) is 7.36. The van der Waals surface area contributed by atoms with E-state index in [1.807, 2.05) is 12.1 Å². The Morgan fingerprint density at radius 1 is 0.941 bits per heavy atom. The third-order valence-electron chi connectivity index (χ3n) is 5.14. The Morgan fingerprint density at radius 3 is 2.18 bits per heavy atom. The first-order valence-corrected chi connectivity index (χ1v) is 10.4. The Labute approximate surface area is 195 Å². The van der Waals surface area contributed by atoms with Gasteiger partial charge in [0.05, 0.1) is 14.2 Å². The number of ether oxygens (including phenoxy) is 3. The van der Waals surface area contributed by atoms with Gasteiger partial charge in [0, 0.05) is 12.2 Å². The van der Waals surface area contributed by atoms with Gasteiger partial charge in [-0.05, 0) is 53.9 Å². The summed E-state index contributed by atoms with van der Waals surface area (Å²) in [4.78, 5) is 14.8. The predicted octanol–water partition coefficient (Wildman–Crippen LogP) is 4.88. The highest BCUT2D eigenvalue weighted by Gasteiger charge is 2.31. The van der Waals surface area contributed by atoms with Crippen molar-refractivity contribution >= 4 is 11.6 Å². The molecule has 3 rings (SSSR count). The van der Waals surface area contributed by atoms with Crippen LogP contribution in [0.25, 0.3) is 0 Å². The molecule has 9 heteroatoms. The fraction of sp³-hybridized carbons (Fsp3) is 0.240. The second-order valence-corrected chi connectivity index (χ2v) is 7.36. The highest BCUT2D eigenvalue weighted by atomic mass is 19.4. The first kappa shape index (κ1) is 24.9. The number of anilines is 1. The quantitative estimate of drug-likeness (QED) is 0.479. The zero-order valence-corrected chi connectivity index (χ0v) is 18.7. The summed E-state index contributed by atoms with van der Waals surface area (Å²) in [6.07, 6.45) is -4.37. The molecule has 1 unspecified atom stereocenters. The van der Waals surface area contributed by atoms with Gasteiger partial charge in [0.25, 0.3) is 0 Å². The maximum atomic E-state index is 13.3. The zero-order chi connectivity index (χ0) is 24.7. The molecule has 180 valence electrons. The Bertz CT molecular complexity index is 1090. The lowest BCUT2D eigenvalue weighted by Gasteiger charge is -2.26. The second kappa shape index (κ2) is 10.9. The molecule has 0 heterocycles. The average molecular weight is 474 g/mol. The van der Waals surface area contributed by atoms with Crippen molar-refractivity contribution in [2.45, 2.75) is 18.8 Å². The van der Waals surface area contributed by atoms with E-state index >= 15 is 0 Å². The van der Waals surface area contributed by atoms with E-state index in [0.29, 0.717) is 29.2 Å². The van der Waals surface area contributed by atoms with Crippen LogP contribution in [0.1, 0.15) is 17.2 Å². The smallest absolute Gasteiger partial charge is 0.493 e. The molecule has 0 fully saturated rings. The summed E-state index contributed by atoms with van der Waals surface area (Å²) in [5.41, 5.74) is 8.14. The van der Waals surface area contributed by atoms with Crippen LogP contribution in [0.15, 0.2) is 72.8 Å². The van der Waals surface area contributed by atoms with Crippen molar-refractivity contribution in [3.8, 4) is 17.2 Å². The number of rotatable bonds is 9. The van der Waals surface area contributed by atoms with Crippen LogP contribution in [0.5, 0.6) is 17.2 Å². The summed E-state index contributed by atoms with van der Waals surface area (Å²) in [5.74, 6) is 0.352. The first-order chi connectivity index (χ1) is 16.2. The Kier molecular flexibility index (Phi) is 8.01. The van der Waals surface area contributed by atoms with Crippen LogP contribution < -0.4 is 24.8 Å². The van der Waals surface area contributed by atoms with E-state index in [-0.39, 0.29) is 12.3 Å². The molecule has 0 aliphatic carbocycles. The minimum Gasteiger partial charge on any atom is -0.493 e. The number of alkyl halides is 3. The van der Waals surface area contributed by atoms with Crippen LogP contribution in [-0.2, 0) is 11.2 Å². The highest BCUT2D eigenvalue weighted by molar-refractivity contribution is 5.97. The lowest BCUT2D eigenvalue weighted by atomic mass is 10.1. The summed E-state index contributed by atoms with van der Waals surface area (Å²) < 4.78 is 52.1.